The average molecular weight is 501 g/mol. The maximum atomic E-state index is 12.9. The summed E-state index contributed by atoms with van der Waals surface area (Å²) >= 11 is 0. The fourth-order valence-corrected chi connectivity index (χ4v) is 4.57. The quantitative estimate of drug-likeness (QED) is 0.479. The van der Waals surface area contributed by atoms with E-state index in [0.717, 1.165) is 43.4 Å². The van der Waals surface area contributed by atoms with Gasteiger partial charge < -0.3 is 15.7 Å². The molecule has 1 aliphatic carbocycles. The first-order chi connectivity index (χ1) is 17.2. The molecule has 2 unspecified atom stereocenters. The number of carbonyl (C=O) groups is 2. The molecule has 2 aromatic carbocycles. The third kappa shape index (κ3) is 6.30. The second kappa shape index (κ2) is 10.9. The summed E-state index contributed by atoms with van der Waals surface area (Å²) in [7, 11) is 0. The molecule has 2 aromatic rings. The van der Waals surface area contributed by atoms with Gasteiger partial charge in [-0.3, -0.25) is 14.6 Å². The van der Waals surface area contributed by atoms with E-state index in [1.165, 1.54) is 12.1 Å². The van der Waals surface area contributed by atoms with Crippen molar-refractivity contribution in [3.8, 4) is 0 Å². The van der Waals surface area contributed by atoms with E-state index in [1.54, 1.807) is 18.3 Å². The van der Waals surface area contributed by atoms with Gasteiger partial charge in [0.05, 0.1) is 24.2 Å². The number of carbonyl (C=O) groups excluding carboxylic acids is 1. The lowest BCUT2D eigenvalue weighted by Gasteiger charge is -2.26. The second-order valence-electron chi connectivity index (χ2n) is 8.97. The van der Waals surface area contributed by atoms with Gasteiger partial charge in [-0.15, -0.1) is 0 Å². The first kappa shape index (κ1) is 25.4. The molecule has 2 aliphatic rings. The van der Waals surface area contributed by atoms with Crippen LogP contribution in [0.25, 0.3) is 0 Å². The number of benzene rings is 2. The van der Waals surface area contributed by atoms with Crippen LogP contribution >= 0.6 is 0 Å². The normalized spacial score (nSPS) is 18.6. The topological polar surface area (TPSA) is 103 Å². The highest BCUT2D eigenvalue weighted by Crippen LogP contribution is 2.36. The molecule has 1 heterocycles. The van der Waals surface area contributed by atoms with Gasteiger partial charge in [-0.1, -0.05) is 37.1 Å². The molecular weight excluding hydrogens is 473 g/mol. The molecule has 0 bridgehead atoms. The summed E-state index contributed by atoms with van der Waals surface area (Å²) in [6.45, 7) is 0.0570. The van der Waals surface area contributed by atoms with E-state index >= 15 is 0 Å². The van der Waals surface area contributed by atoms with Crippen LogP contribution in [0, 0.1) is 5.92 Å². The highest BCUT2D eigenvalue weighted by atomic mass is 19.4. The van der Waals surface area contributed by atoms with E-state index < -0.39 is 23.9 Å². The van der Waals surface area contributed by atoms with Crippen LogP contribution in [0.3, 0.4) is 0 Å². The van der Waals surface area contributed by atoms with Crippen molar-refractivity contribution in [3.05, 3.63) is 70.8 Å². The zero-order valence-electron chi connectivity index (χ0n) is 19.5. The Labute approximate surface area is 206 Å². The van der Waals surface area contributed by atoms with Crippen LogP contribution < -0.4 is 10.6 Å². The second-order valence-corrected chi connectivity index (χ2v) is 8.97. The molecule has 36 heavy (non-hydrogen) atoms. The van der Waals surface area contributed by atoms with Crippen LogP contribution in [-0.2, 0) is 11.0 Å². The molecule has 1 fully saturated rings. The molecule has 0 spiro atoms. The number of halogens is 3. The van der Waals surface area contributed by atoms with Crippen molar-refractivity contribution < 1.29 is 27.9 Å². The van der Waals surface area contributed by atoms with Gasteiger partial charge in [-0.25, -0.2) is 4.99 Å². The fourth-order valence-electron chi connectivity index (χ4n) is 4.57. The van der Waals surface area contributed by atoms with E-state index in [2.05, 4.69) is 20.6 Å². The van der Waals surface area contributed by atoms with Crippen LogP contribution in [-0.4, -0.2) is 35.6 Å². The Hall–Kier alpha value is -3.69. The molecule has 0 saturated heterocycles. The predicted octanol–water partition coefficient (Wildman–Crippen LogP) is 4.91. The molecule has 2 atom stereocenters. The number of hydrogen-bond acceptors (Lipinski definition) is 5. The third-order valence-corrected chi connectivity index (χ3v) is 6.47. The summed E-state index contributed by atoms with van der Waals surface area (Å²) in [4.78, 5) is 31.8. The van der Waals surface area contributed by atoms with E-state index in [0.29, 0.717) is 22.9 Å². The van der Waals surface area contributed by atoms with Crippen molar-refractivity contribution in [2.45, 2.75) is 50.5 Å². The van der Waals surface area contributed by atoms with Crippen molar-refractivity contribution in [1.82, 2.24) is 10.6 Å². The number of rotatable bonds is 8. The van der Waals surface area contributed by atoms with Gasteiger partial charge in [-0.2, -0.15) is 13.2 Å². The number of aliphatic carboxylic acids is 1. The number of amidine groups is 1. The van der Waals surface area contributed by atoms with Gasteiger partial charge in [0.2, 0.25) is 0 Å². The van der Waals surface area contributed by atoms with Gasteiger partial charge in [0, 0.05) is 12.1 Å². The molecule has 7 nitrogen and oxygen atoms in total. The van der Waals surface area contributed by atoms with Crippen LogP contribution in [0.5, 0.6) is 0 Å². The molecule has 3 N–H and O–H groups in total. The lowest BCUT2D eigenvalue weighted by Crippen LogP contribution is -2.33. The molecule has 1 amide bonds. The maximum absolute atomic E-state index is 12.9. The van der Waals surface area contributed by atoms with Crippen molar-refractivity contribution in [2.24, 2.45) is 15.9 Å². The smallest absolute Gasteiger partial charge is 0.416 e. The van der Waals surface area contributed by atoms with Crippen molar-refractivity contribution in [2.75, 3.05) is 6.54 Å². The highest BCUT2D eigenvalue weighted by molar-refractivity contribution is 6.30. The van der Waals surface area contributed by atoms with Crippen molar-refractivity contribution in [3.63, 3.8) is 0 Å². The Morgan fingerprint density at radius 2 is 1.69 bits per heavy atom. The highest BCUT2D eigenvalue weighted by Gasteiger charge is 2.31. The zero-order valence-corrected chi connectivity index (χ0v) is 19.5. The fraction of sp³-hybridized carbons (Fsp3) is 0.385. The summed E-state index contributed by atoms with van der Waals surface area (Å²) in [5.74, 6) is -0.385. The Balaban J connectivity index is 1.46. The van der Waals surface area contributed by atoms with Crippen LogP contribution in [0.2, 0.25) is 0 Å². The lowest BCUT2D eigenvalue weighted by molar-refractivity contribution is -0.138. The molecule has 0 radical (unpaired) electrons. The van der Waals surface area contributed by atoms with E-state index in [1.807, 2.05) is 12.1 Å². The Morgan fingerprint density at radius 3 is 2.31 bits per heavy atom. The first-order valence-electron chi connectivity index (χ1n) is 11.9. The minimum absolute atomic E-state index is 0.0570. The predicted molar refractivity (Wildman–Crippen MR) is 129 cm³/mol. The van der Waals surface area contributed by atoms with Crippen molar-refractivity contribution >= 4 is 23.9 Å². The molecule has 1 aliphatic heterocycles. The van der Waals surface area contributed by atoms with Gasteiger partial charge in [0.1, 0.15) is 5.84 Å². The third-order valence-electron chi connectivity index (χ3n) is 6.47. The summed E-state index contributed by atoms with van der Waals surface area (Å²) in [5, 5.41) is 14.8. The van der Waals surface area contributed by atoms with Crippen LogP contribution in [0.1, 0.15) is 71.4 Å². The molecule has 190 valence electrons. The van der Waals surface area contributed by atoms with Gasteiger partial charge in [0.25, 0.3) is 5.91 Å². The minimum atomic E-state index is -4.39. The standard InChI is InChI=1S/C26H27F3N4O3/c27-26(28,29)20-11-9-18(10-12-20)24-31-15-21(33-24)32-23(16-3-1-2-4-16)17-5-7-19(8-6-17)25(36)30-14-13-22(34)35/h5-12,15-16,23-24H,1-4,13-14H2,(H,30,36)(H,32,33)(H,34,35). The first-order valence-corrected chi connectivity index (χ1v) is 11.9. The number of carboxylic acids is 1. The SMILES string of the molecule is O=C(O)CCNC(=O)c1ccc(C(NC2=NC(c3ccc(C(F)(F)F)cc3)N=C2)C2CCCC2)cc1. The Bertz CT molecular complexity index is 1140. The van der Waals surface area contributed by atoms with Crippen LogP contribution in [0.15, 0.2) is 58.5 Å². The Morgan fingerprint density at radius 1 is 1.03 bits per heavy atom. The number of nitrogens with zero attached hydrogens (tertiary/aromatic N) is 2. The summed E-state index contributed by atoms with van der Waals surface area (Å²) in [5.41, 5.74) is 1.29. The summed E-state index contributed by atoms with van der Waals surface area (Å²) in [6.07, 6.45) is 0.809. The number of hydrogen-bond donors (Lipinski definition) is 3. The number of carboxylic acid groups (broad SMARTS) is 1. The number of amides is 1. The van der Waals surface area contributed by atoms with Gasteiger partial charge in [0.15, 0.2) is 6.17 Å². The Kier molecular flexibility index (Phi) is 7.71. The summed E-state index contributed by atoms with van der Waals surface area (Å²) in [6, 6.07) is 12.0. The van der Waals surface area contributed by atoms with Crippen LogP contribution in [0.4, 0.5) is 13.2 Å². The largest absolute Gasteiger partial charge is 0.481 e. The van der Waals surface area contributed by atoms with E-state index in [9.17, 15) is 22.8 Å². The molecule has 4 rings (SSSR count). The average Bonchev–Trinajstić information content (AvgIpc) is 3.54. The van der Waals surface area contributed by atoms with E-state index in [4.69, 9.17) is 5.11 Å². The summed E-state index contributed by atoms with van der Waals surface area (Å²) < 4.78 is 38.6. The molecule has 1 saturated carbocycles. The van der Waals surface area contributed by atoms with Crippen molar-refractivity contribution in [1.29, 1.82) is 0 Å². The number of alkyl halides is 3. The lowest BCUT2D eigenvalue weighted by atomic mass is 9.91. The molecule has 0 aromatic heterocycles. The monoisotopic (exact) mass is 500 g/mol. The molecular formula is C26H27F3N4O3. The maximum Gasteiger partial charge on any atom is 0.416 e. The van der Waals surface area contributed by atoms with Gasteiger partial charge in [-0.05, 0) is 54.2 Å². The number of aliphatic imine (C=N–C) groups is 2. The number of nitrogens with one attached hydrogen (secondary N) is 2. The molecule has 10 heteroatoms. The minimum Gasteiger partial charge on any atom is -0.481 e. The van der Waals surface area contributed by atoms with Gasteiger partial charge >= 0.3 is 12.1 Å². The zero-order chi connectivity index (χ0) is 25.7. The van der Waals surface area contributed by atoms with E-state index in [-0.39, 0.29) is 24.9 Å².